The Bertz CT molecular complexity index is 1190. The minimum absolute atomic E-state index is 0.0667. The molecular formula is C27H44N4O9S. The minimum atomic E-state index is -4.37. The van der Waals surface area contributed by atoms with Crippen molar-refractivity contribution >= 4 is 39.8 Å². The number of anilines is 2. The maximum Gasteiger partial charge on any atom is 0.424 e. The highest BCUT2D eigenvalue weighted by Gasteiger charge is 2.41. The summed E-state index contributed by atoms with van der Waals surface area (Å²) < 4.78 is 49.8. The van der Waals surface area contributed by atoms with Crippen molar-refractivity contribution in [3.8, 4) is 0 Å². The summed E-state index contributed by atoms with van der Waals surface area (Å²) in [6, 6.07) is 0.810. The number of piperidine rings is 1. The highest BCUT2D eigenvalue weighted by Crippen LogP contribution is 2.36. The Balaban J connectivity index is 2.56. The molecule has 1 fully saturated rings. The van der Waals surface area contributed by atoms with E-state index in [1.165, 1.54) is 12.4 Å². The number of aromatic nitrogens is 1. The fourth-order valence-corrected chi connectivity index (χ4v) is 5.41. The minimum Gasteiger partial charge on any atom is -0.444 e. The van der Waals surface area contributed by atoms with Crippen LogP contribution in [0.3, 0.4) is 0 Å². The van der Waals surface area contributed by atoms with Crippen LogP contribution in [0.25, 0.3) is 0 Å². The van der Waals surface area contributed by atoms with Gasteiger partial charge in [0.25, 0.3) is 10.1 Å². The first-order valence-electron chi connectivity index (χ1n) is 13.4. The number of nitrogens with one attached hydrogen (secondary N) is 1. The molecule has 1 aromatic heterocycles. The third kappa shape index (κ3) is 11.0. The van der Waals surface area contributed by atoms with E-state index in [1.54, 1.807) is 80.2 Å². The zero-order chi connectivity index (χ0) is 31.6. The second kappa shape index (κ2) is 12.4. The van der Waals surface area contributed by atoms with Crippen LogP contribution in [0.1, 0.15) is 69.2 Å². The second-order valence-electron chi connectivity index (χ2n) is 13.2. The van der Waals surface area contributed by atoms with Crippen molar-refractivity contribution in [3.63, 3.8) is 0 Å². The Hall–Kier alpha value is -3.13. The number of carbonyl (C=O) groups excluding carboxylic acids is 3. The molecule has 41 heavy (non-hydrogen) atoms. The summed E-state index contributed by atoms with van der Waals surface area (Å²) in [5.41, 5.74) is -2.19. The van der Waals surface area contributed by atoms with Crippen LogP contribution in [0.2, 0.25) is 0 Å². The van der Waals surface area contributed by atoms with Gasteiger partial charge in [0.15, 0.2) is 0 Å². The number of ether oxygens (including phenoxy) is 3. The van der Waals surface area contributed by atoms with Crippen LogP contribution in [0.15, 0.2) is 18.5 Å². The third-order valence-electron chi connectivity index (χ3n) is 5.79. The van der Waals surface area contributed by atoms with Crippen LogP contribution in [0, 0.1) is 11.8 Å². The molecule has 0 radical (unpaired) electrons. The molecule has 3 amide bonds. The van der Waals surface area contributed by atoms with Gasteiger partial charge in [-0.2, -0.15) is 13.3 Å². The fraction of sp³-hybridized carbons (Fsp3) is 0.704. The number of nitrogens with zero attached hydrogens (tertiary/aromatic N) is 3. The average molecular weight is 601 g/mol. The Labute approximate surface area is 242 Å². The van der Waals surface area contributed by atoms with E-state index in [4.69, 9.17) is 14.2 Å². The number of imide groups is 1. The number of amides is 3. The SMILES string of the molecule is C[C@@H]1CN(c2ccncc2N(C(=O)OC(C)(C)C)C(=O)OC(C)(C)C)C[C@H](NC(=O)OC(C)(C)C)[C@@H]1CS(=O)(=O)O. The molecule has 2 heterocycles. The molecule has 2 rings (SSSR count). The molecule has 0 aliphatic carbocycles. The Morgan fingerprint density at radius 1 is 0.976 bits per heavy atom. The molecule has 1 aliphatic rings. The summed E-state index contributed by atoms with van der Waals surface area (Å²) in [5.74, 6) is -1.61. The van der Waals surface area contributed by atoms with Gasteiger partial charge in [-0.05, 0) is 74.3 Å². The monoisotopic (exact) mass is 600 g/mol. The summed E-state index contributed by atoms with van der Waals surface area (Å²) >= 11 is 0. The molecular weight excluding hydrogens is 556 g/mol. The van der Waals surface area contributed by atoms with E-state index < -0.39 is 62.9 Å². The van der Waals surface area contributed by atoms with Crippen molar-refractivity contribution < 1.29 is 41.6 Å². The van der Waals surface area contributed by atoms with E-state index in [2.05, 4.69) is 10.3 Å². The Kier molecular flexibility index (Phi) is 10.3. The maximum atomic E-state index is 13.3. The standard InChI is InChI=1S/C27H44N4O9S/c1-17-14-30(15-19(18(17)16-41(35,36)37)29-22(32)38-25(2,3)4)20-11-12-28-13-21(20)31(23(33)39-26(5,6)7)24(34)40-27(8,9)10/h11-13,17-19H,14-16H2,1-10H3,(H,29,32)(H,35,36,37)/t17-,18-,19+/m1/s1. The van der Waals surface area contributed by atoms with Crippen LogP contribution in [0.5, 0.6) is 0 Å². The highest BCUT2D eigenvalue weighted by molar-refractivity contribution is 7.85. The summed E-state index contributed by atoms with van der Waals surface area (Å²) in [5, 5.41) is 2.74. The third-order valence-corrected chi connectivity index (χ3v) is 6.60. The molecule has 1 saturated heterocycles. The van der Waals surface area contributed by atoms with Gasteiger partial charge in [0.05, 0.1) is 23.7 Å². The van der Waals surface area contributed by atoms with E-state index in [9.17, 15) is 27.4 Å². The lowest BCUT2D eigenvalue weighted by atomic mass is 9.84. The number of hydrogen-bond acceptors (Lipinski definition) is 10. The van der Waals surface area contributed by atoms with Crippen molar-refractivity contribution in [3.05, 3.63) is 18.5 Å². The lowest BCUT2D eigenvalue weighted by Crippen LogP contribution is -2.58. The van der Waals surface area contributed by atoms with Gasteiger partial charge >= 0.3 is 18.3 Å². The Morgan fingerprint density at radius 3 is 1.95 bits per heavy atom. The quantitative estimate of drug-likeness (QED) is 0.358. The predicted octanol–water partition coefficient (Wildman–Crippen LogP) is 4.61. The molecule has 0 aromatic carbocycles. The lowest BCUT2D eigenvalue weighted by molar-refractivity contribution is 0.0427. The number of alkyl carbamates (subject to hydrolysis) is 1. The van der Waals surface area contributed by atoms with Gasteiger partial charge < -0.3 is 24.4 Å². The predicted molar refractivity (Wildman–Crippen MR) is 154 cm³/mol. The summed E-state index contributed by atoms with van der Waals surface area (Å²) in [7, 11) is -4.37. The van der Waals surface area contributed by atoms with Crippen LogP contribution in [-0.2, 0) is 24.3 Å². The Morgan fingerprint density at radius 2 is 1.49 bits per heavy atom. The summed E-state index contributed by atoms with van der Waals surface area (Å²) in [6.45, 7) is 17.2. The van der Waals surface area contributed by atoms with E-state index in [0.717, 1.165) is 4.90 Å². The first kappa shape index (κ1) is 34.1. The van der Waals surface area contributed by atoms with Crippen molar-refractivity contribution in [2.45, 2.75) is 92.1 Å². The normalized spacial score (nSPS) is 20.2. The smallest absolute Gasteiger partial charge is 0.424 e. The summed E-state index contributed by atoms with van der Waals surface area (Å²) in [6.07, 6.45) is 0.106. The topological polar surface area (TPSA) is 165 Å². The molecule has 0 unspecified atom stereocenters. The first-order chi connectivity index (χ1) is 18.5. The second-order valence-corrected chi connectivity index (χ2v) is 14.7. The van der Waals surface area contributed by atoms with Gasteiger partial charge in [-0.25, -0.2) is 14.4 Å². The first-order valence-corrected chi connectivity index (χ1v) is 15.0. The largest absolute Gasteiger partial charge is 0.444 e. The zero-order valence-corrected chi connectivity index (χ0v) is 26.4. The molecule has 0 saturated carbocycles. The molecule has 0 bridgehead atoms. The van der Waals surface area contributed by atoms with Crippen molar-refractivity contribution in [1.29, 1.82) is 0 Å². The number of pyridine rings is 1. The molecule has 1 aliphatic heterocycles. The van der Waals surface area contributed by atoms with E-state index in [-0.39, 0.29) is 24.7 Å². The molecule has 3 atom stereocenters. The van der Waals surface area contributed by atoms with Gasteiger partial charge in [-0.3, -0.25) is 9.54 Å². The van der Waals surface area contributed by atoms with Gasteiger partial charge in [0.2, 0.25) is 0 Å². The molecule has 0 spiro atoms. The average Bonchev–Trinajstić information content (AvgIpc) is 2.71. The lowest BCUT2D eigenvalue weighted by Gasteiger charge is -2.44. The fourth-order valence-electron chi connectivity index (χ4n) is 4.36. The molecule has 14 heteroatoms. The van der Waals surface area contributed by atoms with Crippen LogP contribution in [0.4, 0.5) is 25.8 Å². The van der Waals surface area contributed by atoms with Crippen molar-refractivity contribution in [2.24, 2.45) is 11.8 Å². The van der Waals surface area contributed by atoms with Gasteiger partial charge in [0, 0.05) is 25.2 Å². The molecule has 13 nitrogen and oxygen atoms in total. The van der Waals surface area contributed by atoms with Crippen molar-refractivity contribution in [1.82, 2.24) is 10.3 Å². The zero-order valence-electron chi connectivity index (χ0n) is 25.5. The van der Waals surface area contributed by atoms with Gasteiger partial charge in [0.1, 0.15) is 22.5 Å². The van der Waals surface area contributed by atoms with Crippen LogP contribution < -0.4 is 15.1 Å². The number of rotatable bonds is 5. The van der Waals surface area contributed by atoms with E-state index in [0.29, 0.717) is 5.69 Å². The number of carbonyl (C=O) groups is 3. The molecule has 232 valence electrons. The van der Waals surface area contributed by atoms with E-state index in [1.807, 2.05) is 0 Å². The van der Waals surface area contributed by atoms with Crippen LogP contribution in [-0.4, -0.2) is 77.9 Å². The van der Waals surface area contributed by atoms with E-state index >= 15 is 0 Å². The van der Waals surface area contributed by atoms with Gasteiger partial charge in [-0.15, -0.1) is 0 Å². The van der Waals surface area contributed by atoms with Crippen LogP contribution >= 0.6 is 0 Å². The molecule has 1 aromatic rings. The molecule has 2 N–H and O–H groups in total. The maximum absolute atomic E-state index is 13.3. The highest BCUT2D eigenvalue weighted by atomic mass is 32.2. The van der Waals surface area contributed by atoms with Crippen molar-refractivity contribution in [2.75, 3.05) is 28.6 Å². The van der Waals surface area contributed by atoms with Gasteiger partial charge in [-0.1, -0.05) is 6.92 Å². The summed E-state index contributed by atoms with van der Waals surface area (Å²) in [4.78, 5) is 46.0. The number of hydrogen-bond donors (Lipinski definition) is 2.